The van der Waals surface area contributed by atoms with Crippen molar-refractivity contribution >= 4 is 23.5 Å². The molecule has 0 radical (unpaired) electrons. The lowest BCUT2D eigenvalue weighted by atomic mass is 10.1. The van der Waals surface area contributed by atoms with Crippen LogP contribution >= 0.6 is 11.8 Å². The van der Waals surface area contributed by atoms with Gasteiger partial charge in [-0.1, -0.05) is 17.8 Å². The molecule has 0 spiro atoms. The molecule has 2 heterocycles. The first-order chi connectivity index (χ1) is 10.5. The summed E-state index contributed by atoms with van der Waals surface area (Å²) in [6, 6.07) is 5.56. The molecular formula is C16H18N2O3S. The first-order valence-corrected chi connectivity index (χ1v) is 7.96. The minimum atomic E-state index is -0.398. The molecule has 2 aromatic heterocycles. The van der Waals surface area contributed by atoms with Gasteiger partial charge in [0.15, 0.2) is 5.78 Å². The van der Waals surface area contributed by atoms with Crippen LogP contribution in [0.1, 0.15) is 39.0 Å². The molecule has 6 heteroatoms. The number of ether oxygens (including phenoxy) is 1. The van der Waals surface area contributed by atoms with Crippen molar-refractivity contribution in [3.05, 3.63) is 46.9 Å². The maximum Gasteiger partial charge on any atom is 0.340 e. The van der Waals surface area contributed by atoms with Gasteiger partial charge in [0.05, 0.1) is 28.6 Å². The molecule has 0 saturated carbocycles. The Hall–Kier alpha value is -2.08. The van der Waals surface area contributed by atoms with Crippen molar-refractivity contribution in [2.75, 3.05) is 12.4 Å². The molecule has 5 nitrogen and oxygen atoms in total. The van der Waals surface area contributed by atoms with E-state index in [9.17, 15) is 9.59 Å². The van der Waals surface area contributed by atoms with Gasteiger partial charge < -0.3 is 9.72 Å². The van der Waals surface area contributed by atoms with Crippen molar-refractivity contribution in [3.8, 4) is 0 Å². The van der Waals surface area contributed by atoms with Crippen LogP contribution in [0.4, 0.5) is 0 Å². The van der Waals surface area contributed by atoms with Crippen LogP contribution in [0, 0.1) is 13.8 Å². The molecule has 0 aliphatic heterocycles. The number of aryl methyl sites for hydroxylation is 1. The molecule has 0 aromatic carbocycles. The van der Waals surface area contributed by atoms with Gasteiger partial charge in [-0.25, -0.2) is 9.78 Å². The highest BCUT2D eigenvalue weighted by molar-refractivity contribution is 7.99. The van der Waals surface area contributed by atoms with E-state index in [0.29, 0.717) is 29.1 Å². The van der Waals surface area contributed by atoms with Gasteiger partial charge in [-0.05, 0) is 38.5 Å². The Labute approximate surface area is 133 Å². The zero-order valence-electron chi connectivity index (χ0n) is 12.8. The number of carbonyl (C=O) groups excluding carboxylic acids is 2. The summed E-state index contributed by atoms with van der Waals surface area (Å²) in [5.74, 6) is -0.197. The third kappa shape index (κ3) is 3.57. The van der Waals surface area contributed by atoms with E-state index in [1.807, 2.05) is 18.2 Å². The normalized spacial score (nSPS) is 10.5. The number of nitrogens with zero attached hydrogens (tertiary/aromatic N) is 1. The summed E-state index contributed by atoms with van der Waals surface area (Å²) in [5, 5.41) is 0.794. The second-order valence-electron chi connectivity index (χ2n) is 4.73. The largest absolute Gasteiger partial charge is 0.462 e. The topological polar surface area (TPSA) is 72.1 Å². The summed E-state index contributed by atoms with van der Waals surface area (Å²) in [6.45, 7) is 5.59. The fourth-order valence-electron chi connectivity index (χ4n) is 2.18. The standard InChI is InChI=1S/C16H18N2O3S/c1-4-21-16(20)14-10(2)15(18-11(14)3)12(19)9-22-13-7-5-6-8-17-13/h5-8,18H,4,9H2,1-3H3. The number of H-pyrrole nitrogens is 1. The number of Topliss-reactive ketones (excluding diaryl/α,β-unsaturated/α-hetero) is 1. The van der Waals surface area contributed by atoms with Crippen molar-refractivity contribution in [2.45, 2.75) is 25.8 Å². The molecule has 1 N–H and O–H groups in total. The highest BCUT2D eigenvalue weighted by atomic mass is 32.2. The number of carbonyl (C=O) groups is 2. The molecule has 116 valence electrons. The minimum absolute atomic E-state index is 0.0631. The minimum Gasteiger partial charge on any atom is -0.462 e. The van der Waals surface area contributed by atoms with Crippen molar-refractivity contribution in [3.63, 3.8) is 0 Å². The molecule has 0 atom stereocenters. The van der Waals surface area contributed by atoms with E-state index in [0.717, 1.165) is 5.03 Å². The lowest BCUT2D eigenvalue weighted by Gasteiger charge is -2.03. The summed E-state index contributed by atoms with van der Waals surface area (Å²) in [4.78, 5) is 31.5. The van der Waals surface area contributed by atoms with Gasteiger partial charge in [-0.2, -0.15) is 0 Å². The quantitative estimate of drug-likeness (QED) is 0.503. The van der Waals surface area contributed by atoms with Crippen molar-refractivity contribution in [2.24, 2.45) is 0 Å². The van der Waals surface area contributed by atoms with Crippen LogP contribution in [0.15, 0.2) is 29.4 Å². The Kier molecular flexibility index (Phi) is 5.38. The molecule has 0 aliphatic carbocycles. The number of pyridine rings is 1. The second-order valence-corrected chi connectivity index (χ2v) is 5.72. The predicted octanol–water partition coefficient (Wildman–Crippen LogP) is 3.18. The predicted molar refractivity (Wildman–Crippen MR) is 85.5 cm³/mol. The Balaban J connectivity index is 2.13. The number of aromatic nitrogens is 2. The van der Waals surface area contributed by atoms with Crippen molar-refractivity contribution in [1.29, 1.82) is 0 Å². The van der Waals surface area contributed by atoms with Crippen molar-refractivity contribution in [1.82, 2.24) is 9.97 Å². The molecule has 2 aromatic rings. The summed E-state index contributed by atoms with van der Waals surface area (Å²) < 4.78 is 5.03. The van der Waals surface area contributed by atoms with E-state index >= 15 is 0 Å². The molecule has 0 saturated heterocycles. The summed E-state index contributed by atoms with van der Waals surface area (Å²) in [7, 11) is 0. The lowest BCUT2D eigenvalue weighted by molar-refractivity contribution is 0.0525. The van der Waals surface area contributed by atoms with E-state index in [1.165, 1.54) is 11.8 Å². The smallest absolute Gasteiger partial charge is 0.340 e. The number of esters is 1. The molecule has 0 aliphatic rings. The maximum atomic E-state index is 12.4. The fourth-order valence-corrected chi connectivity index (χ4v) is 2.92. The van der Waals surface area contributed by atoms with Crippen molar-refractivity contribution < 1.29 is 14.3 Å². The van der Waals surface area contributed by atoms with Gasteiger partial charge in [0.1, 0.15) is 0 Å². The highest BCUT2D eigenvalue weighted by Gasteiger charge is 2.22. The maximum absolute atomic E-state index is 12.4. The Bertz CT molecular complexity index is 680. The van der Waals surface area contributed by atoms with Gasteiger partial charge in [-0.15, -0.1) is 0 Å². The number of hydrogen-bond donors (Lipinski definition) is 1. The summed E-state index contributed by atoms with van der Waals surface area (Å²) in [5.41, 5.74) is 2.21. The molecule has 0 unspecified atom stereocenters. The SMILES string of the molecule is CCOC(=O)c1c(C)[nH]c(C(=O)CSc2ccccn2)c1C. The van der Waals surface area contributed by atoms with E-state index in [1.54, 1.807) is 27.0 Å². The highest BCUT2D eigenvalue weighted by Crippen LogP contribution is 2.22. The van der Waals surface area contributed by atoms with Crippen LogP contribution in [-0.4, -0.2) is 34.1 Å². The Morgan fingerprint density at radius 3 is 2.73 bits per heavy atom. The summed E-state index contributed by atoms with van der Waals surface area (Å²) in [6.07, 6.45) is 1.69. The van der Waals surface area contributed by atoms with Gasteiger partial charge in [0.25, 0.3) is 0 Å². The number of rotatable bonds is 6. The zero-order valence-corrected chi connectivity index (χ0v) is 13.6. The third-order valence-corrected chi connectivity index (χ3v) is 4.13. The van der Waals surface area contributed by atoms with Gasteiger partial charge in [0.2, 0.25) is 0 Å². The van der Waals surface area contributed by atoms with Gasteiger partial charge in [-0.3, -0.25) is 4.79 Å². The zero-order chi connectivity index (χ0) is 16.1. The first kappa shape index (κ1) is 16.3. The lowest BCUT2D eigenvalue weighted by Crippen LogP contribution is -2.08. The molecule has 22 heavy (non-hydrogen) atoms. The monoisotopic (exact) mass is 318 g/mol. The molecule has 0 amide bonds. The van der Waals surface area contributed by atoms with Crippen LogP contribution in [-0.2, 0) is 4.74 Å². The number of nitrogens with one attached hydrogen (secondary N) is 1. The molecule has 2 rings (SSSR count). The summed E-state index contributed by atoms with van der Waals surface area (Å²) >= 11 is 1.37. The van der Waals surface area contributed by atoms with Crippen LogP contribution in [0.5, 0.6) is 0 Å². The third-order valence-electron chi connectivity index (χ3n) is 3.18. The van der Waals surface area contributed by atoms with E-state index < -0.39 is 5.97 Å². The number of thioether (sulfide) groups is 1. The van der Waals surface area contributed by atoms with E-state index in [2.05, 4.69) is 9.97 Å². The fraction of sp³-hybridized carbons (Fsp3) is 0.312. The molecular weight excluding hydrogens is 300 g/mol. The average Bonchev–Trinajstić information content (AvgIpc) is 2.81. The number of aromatic amines is 1. The average molecular weight is 318 g/mol. The number of ketones is 1. The van der Waals surface area contributed by atoms with E-state index in [-0.39, 0.29) is 11.5 Å². The number of hydrogen-bond acceptors (Lipinski definition) is 5. The van der Waals surface area contributed by atoms with Crippen LogP contribution in [0.25, 0.3) is 0 Å². The van der Waals surface area contributed by atoms with Crippen LogP contribution in [0.3, 0.4) is 0 Å². The molecule has 0 fully saturated rings. The first-order valence-electron chi connectivity index (χ1n) is 6.97. The van der Waals surface area contributed by atoms with Crippen LogP contribution in [0.2, 0.25) is 0 Å². The Morgan fingerprint density at radius 1 is 1.32 bits per heavy atom. The Morgan fingerprint density at radius 2 is 2.09 bits per heavy atom. The van der Waals surface area contributed by atoms with Gasteiger partial charge in [0, 0.05) is 11.9 Å². The van der Waals surface area contributed by atoms with Gasteiger partial charge >= 0.3 is 5.97 Å². The van der Waals surface area contributed by atoms with Crippen LogP contribution < -0.4 is 0 Å². The van der Waals surface area contributed by atoms with E-state index in [4.69, 9.17) is 4.74 Å². The molecule has 0 bridgehead atoms. The second kappa shape index (κ2) is 7.26.